The highest BCUT2D eigenvalue weighted by molar-refractivity contribution is 5.93. The first-order valence-corrected chi connectivity index (χ1v) is 7.66. The van der Waals surface area contributed by atoms with E-state index in [2.05, 4.69) is 0 Å². The lowest BCUT2D eigenvalue weighted by Crippen LogP contribution is -2.43. The largest absolute Gasteiger partial charge is 0.288 e. The van der Waals surface area contributed by atoms with E-state index in [0.717, 1.165) is 11.0 Å². The van der Waals surface area contributed by atoms with Crippen molar-refractivity contribution in [3.05, 3.63) is 72.9 Å². The minimum atomic E-state index is -0.239. The molecule has 6 nitrogen and oxygen atoms in total. The average molecular weight is 322 g/mol. The summed E-state index contributed by atoms with van der Waals surface area (Å²) in [6.45, 7) is 3.75. The number of carbonyl (C=O) groups excluding carboxylic acids is 2. The van der Waals surface area contributed by atoms with Crippen LogP contribution < -0.4 is 0 Å². The van der Waals surface area contributed by atoms with E-state index in [1.165, 1.54) is 21.7 Å². The zero-order chi connectivity index (χ0) is 17.1. The zero-order valence-electron chi connectivity index (χ0n) is 13.5. The molecule has 6 aromatic rings. The number of aromatic nitrogens is 4. The van der Waals surface area contributed by atoms with E-state index < -0.39 is 0 Å². The molecule has 0 atom stereocenters. The Labute approximate surface area is 138 Å². The van der Waals surface area contributed by atoms with Gasteiger partial charge in [0.25, 0.3) is 11.8 Å². The molecule has 0 spiro atoms. The fraction of sp³-hybridized carbons (Fsp3) is 0.111. The van der Waals surface area contributed by atoms with Gasteiger partial charge in [0, 0.05) is 12.2 Å². The summed E-state index contributed by atoms with van der Waals surface area (Å²) in [5.74, 6) is -0.478. The van der Waals surface area contributed by atoms with Crippen LogP contribution in [0.3, 0.4) is 0 Å². The predicted molar refractivity (Wildman–Crippen MR) is 93.5 cm³/mol. The highest BCUT2D eigenvalue weighted by Gasteiger charge is 2.22. The molecule has 24 heavy (non-hydrogen) atoms. The molecule has 0 N–H and O–H groups in total. The van der Waals surface area contributed by atoms with Gasteiger partial charge in [0.2, 0.25) is 0 Å². The van der Waals surface area contributed by atoms with Crippen molar-refractivity contribution in [2.24, 2.45) is 0 Å². The summed E-state index contributed by atoms with van der Waals surface area (Å²) >= 11 is 0. The predicted octanol–water partition coefficient (Wildman–Crippen LogP) is 3.34. The lowest BCUT2D eigenvalue weighted by molar-refractivity contribution is 0.0727. The molecule has 122 valence electrons. The summed E-state index contributed by atoms with van der Waals surface area (Å²) in [6.07, 6.45) is 13.5. The molecule has 0 fully saturated rings. The van der Waals surface area contributed by atoms with Gasteiger partial charge in [0.05, 0.1) is 11.0 Å². The van der Waals surface area contributed by atoms with E-state index in [1.807, 2.05) is 50.3 Å². The fourth-order valence-electron chi connectivity index (χ4n) is 2.45. The van der Waals surface area contributed by atoms with Crippen molar-refractivity contribution in [3.8, 4) is 0 Å². The molecule has 0 saturated heterocycles. The Kier molecular flexibility index (Phi) is 4.20. The minimum Gasteiger partial charge on any atom is -0.266 e. The summed E-state index contributed by atoms with van der Waals surface area (Å²) in [6, 6.07) is 7.48. The number of nitrogens with zero attached hydrogens (tertiary/aromatic N) is 4. The lowest BCUT2D eigenvalue weighted by atomic mass is 10.3. The van der Waals surface area contributed by atoms with Crippen LogP contribution in [0.15, 0.2) is 72.9 Å². The number of allylic oxidation sites excluding steroid dienone is 8. The lowest BCUT2D eigenvalue weighted by Gasteiger charge is -2.23. The SMILES string of the molecule is C/C=C/C=C/C(=O)n1n2c3ccc(cc3)n1n2C(=O)/C=C/C=C/C. The number of rotatable bonds is 4. The van der Waals surface area contributed by atoms with Crippen molar-refractivity contribution >= 4 is 22.8 Å². The molecule has 0 aliphatic carbocycles. The maximum absolute atomic E-state index is 12.5. The van der Waals surface area contributed by atoms with Crippen LogP contribution in [-0.4, -0.2) is 30.7 Å². The maximum atomic E-state index is 12.5. The van der Waals surface area contributed by atoms with E-state index in [0.29, 0.717) is 0 Å². The molecule has 1 aromatic carbocycles. The Morgan fingerprint density at radius 2 is 1.08 bits per heavy atom. The number of hydrogen-bond donors (Lipinski definition) is 0. The number of hydrogen-bond acceptors (Lipinski definition) is 2. The molecule has 6 rings (SSSR count). The Hall–Kier alpha value is -3.28. The standard InChI is InChI=1S/C18H18N4O2/c1-3-5-7-9-17(23)21-19-15-11-12-16(14-13-15)20(21)22(19)18(24)10-8-6-4-2/h3-14H,1-2H3/b5-3+,6-4+,9-7+,10-8+. The summed E-state index contributed by atoms with van der Waals surface area (Å²) in [7, 11) is 0. The Balaban J connectivity index is 2.15. The third kappa shape index (κ3) is 2.48. The van der Waals surface area contributed by atoms with E-state index in [1.54, 1.807) is 33.6 Å². The summed E-state index contributed by atoms with van der Waals surface area (Å²) in [4.78, 5) is 27.8. The van der Waals surface area contributed by atoms with Crippen LogP contribution in [0.4, 0.5) is 0 Å². The van der Waals surface area contributed by atoms with E-state index in [9.17, 15) is 9.59 Å². The van der Waals surface area contributed by atoms with Gasteiger partial charge in [-0.3, -0.25) is 9.59 Å². The van der Waals surface area contributed by atoms with E-state index in [4.69, 9.17) is 0 Å². The van der Waals surface area contributed by atoms with Crippen LogP contribution in [0.5, 0.6) is 0 Å². The summed E-state index contributed by atoms with van der Waals surface area (Å²) in [5.41, 5.74) is 1.49. The van der Waals surface area contributed by atoms with Gasteiger partial charge in [-0.25, -0.2) is 0 Å². The third-order valence-electron chi connectivity index (χ3n) is 3.51. The number of carbonyl (C=O) groups is 2. The smallest absolute Gasteiger partial charge is 0.266 e. The minimum absolute atomic E-state index is 0.239. The van der Waals surface area contributed by atoms with E-state index >= 15 is 0 Å². The second-order valence-electron chi connectivity index (χ2n) is 5.12. The van der Waals surface area contributed by atoms with Gasteiger partial charge in [0.1, 0.15) is 0 Å². The molecule has 0 aliphatic heterocycles. The quantitative estimate of drug-likeness (QED) is 0.546. The van der Waals surface area contributed by atoms with Crippen LogP contribution in [0.1, 0.15) is 23.4 Å². The van der Waals surface area contributed by atoms with Gasteiger partial charge in [-0.1, -0.05) is 36.5 Å². The van der Waals surface area contributed by atoms with Crippen LogP contribution >= 0.6 is 0 Å². The van der Waals surface area contributed by atoms with Gasteiger partial charge in [-0.15, -0.1) is 18.9 Å². The fourth-order valence-corrected chi connectivity index (χ4v) is 2.45. The molecule has 4 bridgehead atoms. The van der Waals surface area contributed by atoms with Crippen molar-refractivity contribution in [1.82, 2.24) is 18.9 Å². The van der Waals surface area contributed by atoms with Crippen LogP contribution in [0.25, 0.3) is 11.0 Å². The summed E-state index contributed by atoms with van der Waals surface area (Å²) in [5, 5.41) is 0. The van der Waals surface area contributed by atoms with Crippen molar-refractivity contribution < 1.29 is 9.59 Å². The van der Waals surface area contributed by atoms with Crippen molar-refractivity contribution in [2.45, 2.75) is 13.8 Å². The molecule has 6 heteroatoms. The average Bonchev–Trinajstić information content (AvgIpc) is 2.95. The van der Waals surface area contributed by atoms with Crippen molar-refractivity contribution in [3.63, 3.8) is 0 Å². The van der Waals surface area contributed by atoms with E-state index in [-0.39, 0.29) is 11.8 Å². The topological polar surface area (TPSA) is 52.8 Å². The number of benzene rings is 1. The molecular weight excluding hydrogens is 304 g/mol. The first kappa shape index (κ1) is 15.6. The van der Waals surface area contributed by atoms with Gasteiger partial charge >= 0.3 is 0 Å². The molecule has 0 amide bonds. The van der Waals surface area contributed by atoms with Gasteiger partial charge in [-0.05, 0) is 38.1 Å². The van der Waals surface area contributed by atoms with Gasteiger partial charge in [-0.2, -0.15) is 0 Å². The molecular formula is C18H18N4O2. The first-order chi connectivity index (χ1) is 11.7. The van der Waals surface area contributed by atoms with Gasteiger partial charge in [0.15, 0.2) is 0 Å². The van der Waals surface area contributed by atoms with Crippen molar-refractivity contribution in [2.75, 3.05) is 0 Å². The molecule has 5 aromatic heterocycles. The molecule has 0 unspecified atom stereocenters. The Morgan fingerprint density at radius 1 is 0.708 bits per heavy atom. The molecule has 0 radical (unpaired) electrons. The monoisotopic (exact) mass is 322 g/mol. The van der Waals surface area contributed by atoms with Crippen LogP contribution in [-0.2, 0) is 0 Å². The van der Waals surface area contributed by atoms with Gasteiger partial charge < -0.3 is 0 Å². The molecule has 5 heterocycles. The molecule has 0 saturated carbocycles. The Morgan fingerprint density at radius 3 is 1.42 bits per heavy atom. The highest BCUT2D eigenvalue weighted by Crippen LogP contribution is 2.14. The first-order valence-electron chi connectivity index (χ1n) is 7.66. The normalized spacial score (nSPS) is 13.1. The second kappa shape index (κ2) is 6.45. The van der Waals surface area contributed by atoms with Crippen LogP contribution in [0, 0.1) is 0 Å². The summed E-state index contributed by atoms with van der Waals surface area (Å²) < 4.78 is 3.11. The maximum Gasteiger partial charge on any atom is 0.288 e. The van der Waals surface area contributed by atoms with Crippen LogP contribution in [0.2, 0.25) is 0 Å². The highest BCUT2D eigenvalue weighted by atomic mass is 16.2. The zero-order valence-corrected chi connectivity index (χ0v) is 13.5. The third-order valence-corrected chi connectivity index (χ3v) is 3.51. The van der Waals surface area contributed by atoms with Crippen molar-refractivity contribution in [1.29, 1.82) is 0 Å². The molecule has 0 aliphatic rings. The second-order valence-corrected chi connectivity index (χ2v) is 5.12. The Bertz CT molecular complexity index is 896.